The van der Waals surface area contributed by atoms with Crippen molar-refractivity contribution in [1.29, 1.82) is 0 Å². The Balaban J connectivity index is 1.21. The molecule has 7 rings (SSSR count). The smallest absolute Gasteiger partial charge is 0.416 e. The topological polar surface area (TPSA) is 79.7 Å². The lowest BCUT2D eigenvalue weighted by atomic mass is 9.67. The lowest BCUT2D eigenvalue weighted by Crippen LogP contribution is -2.35. The highest BCUT2D eigenvalue weighted by molar-refractivity contribution is 6.22. The zero-order valence-corrected chi connectivity index (χ0v) is 28.1. The number of halogens is 6. The summed E-state index contributed by atoms with van der Waals surface area (Å²) in [6.07, 6.45) is -5.90. The SMILES string of the molecule is CC(C)C1=C2[C@@H](CC/C(=C/c3ccc(O)c4ccccc34)c3ccccn3)OC[C@@H]2[C@@H]2C(=O)N(c3cc(C(F)(F)F)cc(C(F)(F)F)c3)C(=O)[C@@H]2C1. The van der Waals surface area contributed by atoms with Crippen LogP contribution in [0.5, 0.6) is 5.75 Å². The highest BCUT2D eigenvalue weighted by Gasteiger charge is 2.58. The summed E-state index contributed by atoms with van der Waals surface area (Å²) in [5, 5.41) is 12.0. The first-order chi connectivity index (χ1) is 24.6. The number of carbonyl (C=O) groups excluding carboxylic acids is 2. The highest BCUT2D eigenvalue weighted by atomic mass is 19.4. The van der Waals surface area contributed by atoms with E-state index in [1.165, 1.54) is 0 Å². The lowest BCUT2D eigenvalue weighted by molar-refractivity contribution is -0.143. The molecule has 12 heteroatoms. The molecular formula is C40H34F6N2O4. The average molecular weight is 721 g/mol. The highest BCUT2D eigenvalue weighted by Crippen LogP contribution is 2.52. The van der Waals surface area contributed by atoms with Gasteiger partial charge in [0.2, 0.25) is 11.8 Å². The van der Waals surface area contributed by atoms with E-state index in [1.807, 2.05) is 68.5 Å². The van der Waals surface area contributed by atoms with Gasteiger partial charge in [0.25, 0.3) is 0 Å². The number of nitrogens with zero attached hydrogens (tertiary/aromatic N) is 2. The maximum Gasteiger partial charge on any atom is 0.416 e. The van der Waals surface area contributed by atoms with Crippen molar-refractivity contribution in [2.24, 2.45) is 23.7 Å². The maximum absolute atomic E-state index is 14.0. The summed E-state index contributed by atoms with van der Waals surface area (Å²) >= 11 is 0. The second-order valence-corrected chi connectivity index (χ2v) is 13.8. The van der Waals surface area contributed by atoms with Crippen LogP contribution in [0.25, 0.3) is 22.4 Å². The predicted molar refractivity (Wildman–Crippen MR) is 183 cm³/mol. The fraction of sp³-hybridized carbons (Fsp3) is 0.325. The summed E-state index contributed by atoms with van der Waals surface area (Å²) < 4.78 is 88.7. The first-order valence-electron chi connectivity index (χ1n) is 17.0. The third-order valence-electron chi connectivity index (χ3n) is 10.4. The molecule has 1 aromatic heterocycles. The summed E-state index contributed by atoms with van der Waals surface area (Å²) in [5.74, 6) is -4.06. The zero-order chi connectivity index (χ0) is 37.1. The fourth-order valence-electron chi connectivity index (χ4n) is 8.01. The number of amides is 2. The summed E-state index contributed by atoms with van der Waals surface area (Å²) in [7, 11) is 0. The van der Waals surface area contributed by atoms with Gasteiger partial charge in [0.15, 0.2) is 0 Å². The van der Waals surface area contributed by atoms with E-state index in [-0.39, 0.29) is 30.8 Å². The number of benzene rings is 3. The Morgan fingerprint density at radius 3 is 2.21 bits per heavy atom. The Hall–Kier alpha value is -4.97. The van der Waals surface area contributed by atoms with Crippen LogP contribution in [0.15, 0.2) is 90.1 Å². The number of alkyl halides is 6. The molecule has 0 saturated carbocycles. The number of fused-ring (bicyclic) bond motifs is 4. The van der Waals surface area contributed by atoms with E-state index in [1.54, 1.807) is 12.3 Å². The number of hydrogen-bond acceptors (Lipinski definition) is 5. The van der Waals surface area contributed by atoms with Gasteiger partial charge in [0, 0.05) is 17.5 Å². The van der Waals surface area contributed by atoms with Crippen molar-refractivity contribution in [1.82, 2.24) is 4.98 Å². The molecule has 2 amide bonds. The number of carbonyl (C=O) groups is 2. The van der Waals surface area contributed by atoms with E-state index in [0.29, 0.717) is 35.3 Å². The summed E-state index contributed by atoms with van der Waals surface area (Å²) in [6.45, 7) is 3.98. The maximum atomic E-state index is 14.0. The number of imide groups is 1. The zero-order valence-electron chi connectivity index (χ0n) is 28.1. The summed E-state index contributed by atoms with van der Waals surface area (Å²) in [4.78, 5) is 32.9. The number of aromatic hydroxyl groups is 1. The Labute approximate surface area is 295 Å². The van der Waals surface area contributed by atoms with Gasteiger partial charge in [-0.1, -0.05) is 55.8 Å². The number of aromatic nitrogens is 1. The molecule has 2 aliphatic heterocycles. The number of phenolic OH excluding ortho intramolecular Hbond substituents is 1. The third kappa shape index (κ3) is 6.37. The second-order valence-electron chi connectivity index (χ2n) is 13.8. The van der Waals surface area contributed by atoms with Crippen LogP contribution in [-0.2, 0) is 26.7 Å². The van der Waals surface area contributed by atoms with E-state index >= 15 is 0 Å². The van der Waals surface area contributed by atoms with Crippen molar-refractivity contribution in [2.45, 2.75) is 51.6 Å². The van der Waals surface area contributed by atoms with Gasteiger partial charge in [-0.3, -0.25) is 14.6 Å². The van der Waals surface area contributed by atoms with Crippen molar-refractivity contribution >= 4 is 39.9 Å². The molecule has 4 atom stereocenters. The fourth-order valence-corrected chi connectivity index (χ4v) is 8.01. The van der Waals surface area contributed by atoms with Gasteiger partial charge in [-0.05, 0) is 89.8 Å². The van der Waals surface area contributed by atoms with Crippen LogP contribution >= 0.6 is 0 Å². The van der Waals surface area contributed by atoms with Crippen LogP contribution in [0.2, 0.25) is 0 Å². The number of anilines is 1. The Morgan fingerprint density at radius 1 is 0.904 bits per heavy atom. The molecule has 1 N–H and O–H groups in total. The molecule has 6 nitrogen and oxygen atoms in total. The lowest BCUT2D eigenvalue weighted by Gasteiger charge is -2.33. The van der Waals surface area contributed by atoms with E-state index < -0.39 is 64.8 Å². The van der Waals surface area contributed by atoms with Crippen LogP contribution in [-0.4, -0.2) is 34.6 Å². The molecule has 52 heavy (non-hydrogen) atoms. The minimum Gasteiger partial charge on any atom is -0.507 e. The third-order valence-corrected chi connectivity index (χ3v) is 10.4. The normalized spacial score (nSPS) is 22.5. The molecule has 2 saturated heterocycles. The number of pyridine rings is 1. The van der Waals surface area contributed by atoms with Gasteiger partial charge < -0.3 is 9.84 Å². The molecule has 2 fully saturated rings. The van der Waals surface area contributed by atoms with Crippen LogP contribution in [0, 0.1) is 23.7 Å². The predicted octanol–water partition coefficient (Wildman–Crippen LogP) is 9.48. The van der Waals surface area contributed by atoms with Crippen molar-refractivity contribution in [3.05, 3.63) is 113 Å². The quantitative estimate of drug-likeness (QED) is 0.117. The summed E-state index contributed by atoms with van der Waals surface area (Å²) in [5.41, 5.74) is 0.336. The molecule has 0 unspecified atom stereocenters. The number of allylic oxidation sites excluding steroid dienone is 2. The first kappa shape index (κ1) is 35.4. The molecular weight excluding hydrogens is 686 g/mol. The molecule has 3 aliphatic rings. The molecule has 1 aliphatic carbocycles. The number of hydrogen-bond donors (Lipinski definition) is 1. The molecule has 270 valence electrons. The molecule has 0 radical (unpaired) electrons. The summed E-state index contributed by atoms with van der Waals surface area (Å²) in [6, 6.07) is 17.4. The van der Waals surface area contributed by atoms with E-state index in [2.05, 4.69) is 4.98 Å². The monoisotopic (exact) mass is 720 g/mol. The van der Waals surface area contributed by atoms with Crippen molar-refractivity contribution < 1.29 is 45.8 Å². The second kappa shape index (κ2) is 13.2. The average Bonchev–Trinajstić information content (AvgIpc) is 3.64. The molecule has 3 heterocycles. The Kier molecular flexibility index (Phi) is 9.01. The van der Waals surface area contributed by atoms with Crippen LogP contribution < -0.4 is 4.90 Å². The van der Waals surface area contributed by atoms with E-state index in [0.717, 1.165) is 33.4 Å². The molecule has 4 aromatic rings. The molecule has 0 spiro atoms. The van der Waals surface area contributed by atoms with Crippen molar-refractivity contribution in [3.63, 3.8) is 0 Å². The molecule has 3 aromatic carbocycles. The largest absolute Gasteiger partial charge is 0.507 e. The van der Waals surface area contributed by atoms with Gasteiger partial charge in [-0.15, -0.1) is 0 Å². The van der Waals surface area contributed by atoms with Gasteiger partial charge in [0.05, 0.1) is 47.1 Å². The number of ether oxygens (including phenoxy) is 1. The number of rotatable bonds is 7. The molecule has 0 bridgehead atoms. The van der Waals surface area contributed by atoms with Crippen molar-refractivity contribution in [3.8, 4) is 5.75 Å². The first-order valence-corrected chi connectivity index (χ1v) is 17.0. The standard InChI is InChI=1S/C40H34F6N2O4/c1-21(2)29-19-30-36(38(51)48(37(30)50)26-17-24(39(41,42)43)16-25(18-26)40(44,45)46)31-20-52-34(35(29)31)13-11-23(32-9-5-6-14-47-32)15-22-10-12-33(49)28-8-4-3-7-27(22)28/h3-10,12,14-18,21,30-31,34,36,49H,11,13,19-20H2,1-2H3/b23-15-/t30-,31+,34-,36-/m1/s1. The van der Waals surface area contributed by atoms with Crippen molar-refractivity contribution in [2.75, 3.05) is 11.5 Å². The van der Waals surface area contributed by atoms with Gasteiger partial charge in [0.1, 0.15) is 5.75 Å². The van der Waals surface area contributed by atoms with E-state index in [4.69, 9.17) is 4.74 Å². The Morgan fingerprint density at radius 2 is 1.58 bits per heavy atom. The minimum atomic E-state index is -5.14. The van der Waals surface area contributed by atoms with Crippen LogP contribution in [0.4, 0.5) is 32.0 Å². The van der Waals surface area contributed by atoms with Crippen LogP contribution in [0.3, 0.4) is 0 Å². The van der Waals surface area contributed by atoms with Gasteiger partial charge in [-0.2, -0.15) is 26.3 Å². The van der Waals surface area contributed by atoms with Gasteiger partial charge in [-0.25, -0.2) is 4.90 Å². The minimum absolute atomic E-state index is 0.0225. The van der Waals surface area contributed by atoms with E-state index in [9.17, 15) is 41.0 Å². The number of phenols is 1. The van der Waals surface area contributed by atoms with Gasteiger partial charge >= 0.3 is 12.4 Å². The Bertz CT molecular complexity index is 2090. The van der Waals surface area contributed by atoms with Crippen LogP contribution in [0.1, 0.15) is 55.5 Å².